The maximum atomic E-state index is 6.81. The van der Waals surface area contributed by atoms with Gasteiger partial charge < -0.3 is 15.4 Å². The maximum Gasteiger partial charge on any atom is 0.115 e. The number of nitrogens with one attached hydrogen (secondary N) is 1. The zero-order chi connectivity index (χ0) is 8.69. The van der Waals surface area contributed by atoms with Crippen molar-refractivity contribution >= 4 is 15.0 Å². The van der Waals surface area contributed by atoms with Crippen LogP contribution in [0.25, 0.3) is 0 Å². The molecule has 12 heavy (non-hydrogen) atoms. The highest BCUT2D eigenvalue weighted by atomic mass is 31.1. The van der Waals surface area contributed by atoms with Crippen LogP contribution in [0.4, 0.5) is 0 Å². The summed E-state index contributed by atoms with van der Waals surface area (Å²) in [6, 6.07) is 0. The molecular weight excluding hydrogens is 173 g/mol. The van der Waals surface area contributed by atoms with Crippen molar-refractivity contribution in [2.75, 3.05) is 6.66 Å². The summed E-state index contributed by atoms with van der Waals surface area (Å²) in [6.07, 6.45) is 4.57. The fourth-order valence-electron chi connectivity index (χ4n) is 0.413. The number of hydrogen-bond acceptors (Lipinski definition) is 2. The summed E-state index contributed by atoms with van der Waals surface area (Å²) in [6.45, 7) is 9.13. The van der Waals surface area contributed by atoms with Gasteiger partial charge in [-0.25, -0.2) is 0 Å². The lowest BCUT2D eigenvalue weighted by atomic mass is 10.3. The molecule has 1 unspecified atom stereocenters. The van der Waals surface area contributed by atoms with Gasteiger partial charge in [0, 0.05) is 6.21 Å². The predicted molar refractivity (Wildman–Crippen MR) is 55.1 cm³/mol. The minimum atomic E-state index is 0. The number of allylic oxidation sites excluding steroid dienone is 3. The molecule has 0 bridgehead atoms. The molecule has 0 saturated carbocycles. The lowest BCUT2D eigenvalue weighted by Gasteiger charge is -1.98. The summed E-state index contributed by atoms with van der Waals surface area (Å²) in [5.41, 5.74) is 0.634. The van der Waals surface area contributed by atoms with Crippen molar-refractivity contribution in [2.24, 2.45) is 0 Å². The van der Waals surface area contributed by atoms with E-state index in [0.29, 0.717) is 20.1 Å². The molecule has 3 nitrogen and oxygen atoms in total. The van der Waals surface area contributed by atoms with Crippen LogP contribution >= 0.6 is 8.81 Å². The molecule has 0 saturated heterocycles. The van der Waals surface area contributed by atoms with Gasteiger partial charge in [0.1, 0.15) is 5.76 Å². The van der Waals surface area contributed by atoms with Gasteiger partial charge in [-0.3, -0.25) is 0 Å². The lowest BCUT2D eigenvalue weighted by molar-refractivity contribution is 0.514. The first-order valence-electron chi connectivity index (χ1n) is 3.10. The van der Waals surface area contributed by atoms with E-state index in [1.54, 1.807) is 12.2 Å². The Morgan fingerprint density at radius 1 is 1.42 bits per heavy atom. The summed E-state index contributed by atoms with van der Waals surface area (Å²) < 4.78 is 5.07. The predicted octanol–water partition coefficient (Wildman–Crippen LogP) is 1.68. The SMILES string of the molecule is C=C(C=N)/C=C\C(=C)OPC.O. The van der Waals surface area contributed by atoms with E-state index in [1.807, 2.05) is 6.66 Å². The minimum absolute atomic E-state index is 0. The van der Waals surface area contributed by atoms with E-state index in [-0.39, 0.29) is 5.48 Å². The molecule has 3 N–H and O–H groups in total. The van der Waals surface area contributed by atoms with Crippen molar-refractivity contribution in [3.63, 3.8) is 0 Å². The van der Waals surface area contributed by atoms with Crippen LogP contribution in [-0.4, -0.2) is 18.4 Å². The Hall–Kier alpha value is -0.920. The van der Waals surface area contributed by atoms with Crippen LogP contribution in [0.15, 0.2) is 36.6 Å². The Bertz CT molecular complexity index is 199. The van der Waals surface area contributed by atoms with Crippen LogP contribution < -0.4 is 0 Å². The van der Waals surface area contributed by atoms with Crippen LogP contribution in [0.5, 0.6) is 0 Å². The first kappa shape index (κ1) is 13.7. The average molecular weight is 187 g/mol. The molecule has 0 amide bonds. The van der Waals surface area contributed by atoms with Crippen molar-refractivity contribution in [3.8, 4) is 0 Å². The highest BCUT2D eigenvalue weighted by Gasteiger charge is 1.84. The Kier molecular flexibility index (Phi) is 9.31. The van der Waals surface area contributed by atoms with Crippen molar-refractivity contribution in [3.05, 3.63) is 36.6 Å². The monoisotopic (exact) mass is 187 g/mol. The smallest absolute Gasteiger partial charge is 0.115 e. The van der Waals surface area contributed by atoms with E-state index < -0.39 is 0 Å². The van der Waals surface area contributed by atoms with Gasteiger partial charge in [-0.1, -0.05) is 19.2 Å². The van der Waals surface area contributed by atoms with E-state index in [1.165, 1.54) is 6.21 Å². The van der Waals surface area contributed by atoms with Gasteiger partial charge in [0.05, 0.1) is 8.81 Å². The second-order valence-corrected chi connectivity index (χ2v) is 2.44. The first-order valence-corrected chi connectivity index (χ1v) is 4.51. The van der Waals surface area contributed by atoms with Crippen LogP contribution in [-0.2, 0) is 4.52 Å². The second-order valence-electron chi connectivity index (χ2n) is 1.83. The molecule has 0 heterocycles. The topological polar surface area (TPSA) is 64.6 Å². The Labute approximate surface area is 74.5 Å². The van der Waals surface area contributed by atoms with Crippen molar-refractivity contribution < 1.29 is 10.00 Å². The normalized spacial score (nSPS) is 9.75. The molecule has 0 aliphatic heterocycles. The number of hydrogen-bond donors (Lipinski definition) is 1. The van der Waals surface area contributed by atoms with Crippen molar-refractivity contribution in [2.45, 2.75) is 0 Å². The van der Waals surface area contributed by atoms with Gasteiger partial charge in [0.2, 0.25) is 0 Å². The van der Waals surface area contributed by atoms with Gasteiger partial charge in [0.25, 0.3) is 0 Å². The molecular formula is C8H14NO2P. The summed E-state index contributed by atoms with van der Waals surface area (Å²) in [7, 11) is 0.405. The zero-order valence-electron chi connectivity index (χ0n) is 7.05. The third-order valence-corrected chi connectivity index (χ3v) is 1.37. The molecule has 0 fully saturated rings. The average Bonchev–Trinajstić information content (AvgIpc) is 2.01. The molecule has 0 aromatic carbocycles. The first-order chi connectivity index (χ1) is 5.20. The van der Waals surface area contributed by atoms with E-state index in [9.17, 15) is 0 Å². The van der Waals surface area contributed by atoms with Crippen molar-refractivity contribution in [1.82, 2.24) is 0 Å². The number of rotatable bonds is 5. The maximum absolute atomic E-state index is 6.81. The van der Waals surface area contributed by atoms with E-state index >= 15 is 0 Å². The Balaban J connectivity index is 0. The van der Waals surface area contributed by atoms with Crippen LogP contribution in [0.2, 0.25) is 0 Å². The van der Waals surface area contributed by atoms with E-state index in [0.717, 1.165) is 0 Å². The van der Waals surface area contributed by atoms with E-state index in [2.05, 4.69) is 13.2 Å². The minimum Gasteiger partial charge on any atom is -0.478 e. The molecule has 0 aliphatic rings. The largest absolute Gasteiger partial charge is 0.478 e. The third kappa shape index (κ3) is 7.19. The molecule has 68 valence electrons. The van der Waals surface area contributed by atoms with Crippen LogP contribution in [0.3, 0.4) is 0 Å². The molecule has 0 aliphatic carbocycles. The second kappa shape index (κ2) is 8.18. The van der Waals surface area contributed by atoms with Gasteiger partial charge >= 0.3 is 0 Å². The van der Waals surface area contributed by atoms with Gasteiger partial charge in [-0.15, -0.1) is 0 Å². The third-order valence-electron chi connectivity index (χ3n) is 0.902. The van der Waals surface area contributed by atoms with Crippen molar-refractivity contribution in [1.29, 1.82) is 5.41 Å². The molecule has 0 radical (unpaired) electrons. The van der Waals surface area contributed by atoms with E-state index in [4.69, 9.17) is 9.93 Å². The molecule has 0 rings (SSSR count). The standard InChI is InChI=1S/C8H12NOP.H2O/c1-7(6-9)4-5-8(2)10-11-3;/h4-6,9,11H,1-2H2,3H3;1H2/b5-4-,9-6?;. The molecule has 0 aromatic rings. The molecule has 1 atom stereocenters. The molecule has 0 spiro atoms. The summed E-state index contributed by atoms with van der Waals surface area (Å²) in [4.78, 5) is 0. The quantitative estimate of drug-likeness (QED) is 0.302. The summed E-state index contributed by atoms with van der Waals surface area (Å²) in [5.74, 6) is 0.605. The highest BCUT2D eigenvalue weighted by molar-refractivity contribution is 7.31. The fraction of sp³-hybridized carbons (Fsp3) is 0.125. The zero-order valence-corrected chi connectivity index (χ0v) is 8.05. The lowest BCUT2D eigenvalue weighted by Crippen LogP contribution is -1.76. The molecule has 4 heteroatoms. The Morgan fingerprint density at radius 2 is 2.00 bits per heavy atom. The van der Waals surface area contributed by atoms with Crippen LogP contribution in [0, 0.1) is 5.41 Å². The van der Waals surface area contributed by atoms with Gasteiger partial charge in [-0.2, -0.15) is 0 Å². The highest BCUT2D eigenvalue weighted by Crippen LogP contribution is 2.12. The van der Waals surface area contributed by atoms with Gasteiger partial charge in [-0.05, 0) is 18.3 Å². The Morgan fingerprint density at radius 3 is 2.42 bits per heavy atom. The molecule has 0 aromatic heterocycles. The fourth-order valence-corrected chi connectivity index (χ4v) is 0.743. The van der Waals surface area contributed by atoms with Gasteiger partial charge in [0.15, 0.2) is 0 Å². The summed E-state index contributed by atoms with van der Waals surface area (Å²) in [5, 5.41) is 6.81. The summed E-state index contributed by atoms with van der Waals surface area (Å²) >= 11 is 0. The van der Waals surface area contributed by atoms with Crippen LogP contribution in [0.1, 0.15) is 0 Å².